The predicted octanol–water partition coefficient (Wildman–Crippen LogP) is 1.05. The Morgan fingerprint density at radius 1 is 1.57 bits per heavy atom. The molecule has 1 aliphatic carbocycles. The standard InChI is InChI=1S/C6H11N/c1-2-6(7)4-3-5-6/h2H,1,3-5,7H2. The van der Waals surface area contributed by atoms with Crippen LogP contribution in [-0.4, -0.2) is 5.54 Å². The molecule has 0 atom stereocenters. The van der Waals surface area contributed by atoms with E-state index in [2.05, 4.69) is 6.58 Å². The normalized spacial score (nSPS) is 25.9. The molecule has 1 nitrogen and oxygen atoms in total. The van der Waals surface area contributed by atoms with Crippen molar-refractivity contribution in [3.63, 3.8) is 0 Å². The van der Waals surface area contributed by atoms with Crippen molar-refractivity contribution in [1.29, 1.82) is 0 Å². The Labute approximate surface area is 44.2 Å². The van der Waals surface area contributed by atoms with Crippen molar-refractivity contribution < 1.29 is 0 Å². The lowest BCUT2D eigenvalue weighted by Gasteiger charge is -2.34. The first kappa shape index (κ1) is 4.85. The Morgan fingerprint density at radius 3 is 2.14 bits per heavy atom. The van der Waals surface area contributed by atoms with Crippen LogP contribution < -0.4 is 5.73 Å². The molecule has 40 valence electrons. The molecule has 0 aromatic heterocycles. The Kier molecular flexibility index (Phi) is 0.927. The summed E-state index contributed by atoms with van der Waals surface area (Å²) < 4.78 is 0. The number of rotatable bonds is 1. The lowest BCUT2D eigenvalue weighted by atomic mass is 9.78. The summed E-state index contributed by atoms with van der Waals surface area (Å²) in [6.07, 6.45) is 5.41. The molecule has 0 radical (unpaired) electrons. The minimum Gasteiger partial charge on any atom is -0.322 e. The van der Waals surface area contributed by atoms with Crippen molar-refractivity contribution >= 4 is 0 Å². The van der Waals surface area contributed by atoms with E-state index in [1.54, 1.807) is 0 Å². The van der Waals surface area contributed by atoms with Crippen LogP contribution >= 0.6 is 0 Å². The Bertz CT molecular complexity index is 82.2. The highest BCUT2D eigenvalue weighted by Gasteiger charge is 2.28. The first-order chi connectivity index (χ1) is 3.27. The van der Waals surface area contributed by atoms with Gasteiger partial charge in [-0.25, -0.2) is 0 Å². The average Bonchev–Trinajstić information content (AvgIpc) is 1.61. The van der Waals surface area contributed by atoms with Gasteiger partial charge in [0.2, 0.25) is 0 Å². The quantitative estimate of drug-likeness (QED) is 0.486. The van der Waals surface area contributed by atoms with Crippen molar-refractivity contribution in [2.24, 2.45) is 5.73 Å². The van der Waals surface area contributed by atoms with Crippen molar-refractivity contribution in [2.45, 2.75) is 24.8 Å². The Hall–Kier alpha value is -0.300. The van der Waals surface area contributed by atoms with Gasteiger partial charge in [0.05, 0.1) is 0 Å². The van der Waals surface area contributed by atoms with E-state index in [1.807, 2.05) is 6.08 Å². The average molecular weight is 97.2 g/mol. The second-order valence-corrected chi connectivity index (χ2v) is 2.29. The van der Waals surface area contributed by atoms with E-state index < -0.39 is 0 Å². The predicted molar refractivity (Wildman–Crippen MR) is 31.0 cm³/mol. The van der Waals surface area contributed by atoms with Crippen LogP contribution in [0.3, 0.4) is 0 Å². The molecule has 0 spiro atoms. The monoisotopic (exact) mass is 97.1 g/mol. The number of nitrogens with two attached hydrogens (primary N) is 1. The number of hydrogen-bond donors (Lipinski definition) is 1. The second kappa shape index (κ2) is 1.34. The molecule has 0 bridgehead atoms. The van der Waals surface area contributed by atoms with Gasteiger partial charge in [-0.2, -0.15) is 0 Å². The topological polar surface area (TPSA) is 26.0 Å². The molecule has 0 unspecified atom stereocenters. The summed E-state index contributed by atoms with van der Waals surface area (Å²) in [5, 5.41) is 0. The van der Waals surface area contributed by atoms with Crippen molar-refractivity contribution in [3.8, 4) is 0 Å². The van der Waals surface area contributed by atoms with Crippen LogP contribution in [0, 0.1) is 0 Å². The van der Waals surface area contributed by atoms with Crippen LogP contribution in [0.1, 0.15) is 19.3 Å². The lowest BCUT2D eigenvalue weighted by Crippen LogP contribution is -2.43. The summed E-state index contributed by atoms with van der Waals surface area (Å²) in [6.45, 7) is 3.63. The van der Waals surface area contributed by atoms with E-state index >= 15 is 0 Å². The zero-order valence-electron chi connectivity index (χ0n) is 4.48. The van der Waals surface area contributed by atoms with Crippen LogP contribution in [0.2, 0.25) is 0 Å². The van der Waals surface area contributed by atoms with Gasteiger partial charge in [0.15, 0.2) is 0 Å². The molecule has 0 aromatic rings. The zero-order valence-corrected chi connectivity index (χ0v) is 4.48. The maximum atomic E-state index is 5.68. The van der Waals surface area contributed by atoms with Gasteiger partial charge in [-0.15, -0.1) is 6.58 Å². The molecule has 1 saturated carbocycles. The zero-order chi connectivity index (χ0) is 5.33. The summed E-state index contributed by atoms with van der Waals surface area (Å²) in [5.41, 5.74) is 5.71. The van der Waals surface area contributed by atoms with Crippen LogP contribution in [-0.2, 0) is 0 Å². The first-order valence-corrected chi connectivity index (χ1v) is 2.69. The van der Waals surface area contributed by atoms with Crippen LogP contribution in [0.4, 0.5) is 0 Å². The highest BCUT2D eigenvalue weighted by molar-refractivity contribution is 5.05. The SMILES string of the molecule is C=CC1(N)CCC1. The first-order valence-electron chi connectivity index (χ1n) is 2.69. The van der Waals surface area contributed by atoms with Gasteiger partial charge in [0.1, 0.15) is 0 Å². The third-order valence-corrected chi connectivity index (χ3v) is 1.69. The summed E-state index contributed by atoms with van der Waals surface area (Å²) in [4.78, 5) is 0. The van der Waals surface area contributed by atoms with E-state index in [-0.39, 0.29) is 5.54 Å². The fraction of sp³-hybridized carbons (Fsp3) is 0.667. The maximum absolute atomic E-state index is 5.68. The van der Waals surface area contributed by atoms with Gasteiger partial charge < -0.3 is 5.73 Å². The third-order valence-electron chi connectivity index (χ3n) is 1.69. The van der Waals surface area contributed by atoms with E-state index in [9.17, 15) is 0 Å². The number of hydrogen-bond acceptors (Lipinski definition) is 1. The summed E-state index contributed by atoms with van der Waals surface area (Å²) in [7, 11) is 0. The van der Waals surface area contributed by atoms with Gasteiger partial charge in [-0.05, 0) is 19.3 Å². The fourth-order valence-corrected chi connectivity index (χ4v) is 0.789. The molecule has 0 amide bonds. The van der Waals surface area contributed by atoms with Crippen LogP contribution in [0.15, 0.2) is 12.7 Å². The molecule has 1 rings (SSSR count). The van der Waals surface area contributed by atoms with E-state index in [4.69, 9.17) is 5.73 Å². The molecular weight excluding hydrogens is 86.1 g/mol. The second-order valence-electron chi connectivity index (χ2n) is 2.29. The molecule has 0 heterocycles. The van der Waals surface area contributed by atoms with Crippen molar-refractivity contribution in [2.75, 3.05) is 0 Å². The molecule has 7 heavy (non-hydrogen) atoms. The van der Waals surface area contributed by atoms with Gasteiger partial charge in [-0.3, -0.25) is 0 Å². The van der Waals surface area contributed by atoms with Crippen LogP contribution in [0.25, 0.3) is 0 Å². The maximum Gasteiger partial charge on any atom is 0.0336 e. The molecule has 0 aliphatic heterocycles. The summed E-state index contributed by atoms with van der Waals surface area (Å²) in [6, 6.07) is 0. The molecule has 1 aliphatic rings. The molecule has 0 saturated heterocycles. The van der Waals surface area contributed by atoms with Crippen molar-refractivity contribution in [1.82, 2.24) is 0 Å². The van der Waals surface area contributed by atoms with E-state index in [0.717, 1.165) is 12.8 Å². The fourth-order valence-electron chi connectivity index (χ4n) is 0.789. The molecule has 0 aromatic carbocycles. The highest BCUT2D eigenvalue weighted by atomic mass is 14.8. The minimum absolute atomic E-state index is 0.0278. The largest absolute Gasteiger partial charge is 0.322 e. The third kappa shape index (κ3) is 0.682. The molecule has 1 heteroatoms. The lowest BCUT2D eigenvalue weighted by molar-refractivity contribution is 0.318. The highest BCUT2D eigenvalue weighted by Crippen LogP contribution is 2.29. The molecule has 2 N–H and O–H groups in total. The summed E-state index contributed by atoms with van der Waals surface area (Å²) in [5.74, 6) is 0. The smallest absolute Gasteiger partial charge is 0.0336 e. The van der Waals surface area contributed by atoms with Crippen LogP contribution in [0.5, 0.6) is 0 Å². The Morgan fingerprint density at radius 2 is 2.14 bits per heavy atom. The van der Waals surface area contributed by atoms with Crippen molar-refractivity contribution in [3.05, 3.63) is 12.7 Å². The van der Waals surface area contributed by atoms with E-state index in [0.29, 0.717) is 0 Å². The van der Waals surface area contributed by atoms with Gasteiger partial charge in [-0.1, -0.05) is 6.08 Å². The molecular formula is C6H11N. The Balaban J connectivity index is 2.43. The van der Waals surface area contributed by atoms with Gasteiger partial charge in [0.25, 0.3) is 0 Å². The summed E-state index contributed by atoms with van der Waals surface area (Å²) >= 11 is 0. The minimum atomic E-state index is 0.0278. The van der Waals surface area contributed by atoms with Gasteiger partial charge >= 0.3 is 0 Å². The van der Waals surface area contributed by atoms with Gasteiger partial charge in [0, 0.05) is 5.54 Å². The molecule has 1 fully saturated rings. The van der Waals surface area contributed by atoms with E-state index in [1.165, 1.54) is 6.42 Å².